The van der Waals surface area contributed by atoms with E-state index in [1.54, 1.807) is 0 Å². The number of methoxy groups -OCH3 is 3. The van der Waals surface area contributed by atoms with Crippen molar-refractivity contribution in [1.29, 1.82) is 0 Å². The van der Waals surface area contributed by atoms with Gasteiger partial charge in [-0.3, -0.25) is 0 Å². The molecule has 30 atom stereocenters. The van der Waals surface area contributed by atoms with Crippen molar-refractivity contribution in [3.05, 3.63) is 0 Å². The van der Waals surface area contributed by atoms with Gasteiger partial charge in [-0.05, 0) is 20.8 Å². The first-order valence-electron chi connectivity index (χ1n) is 22.0. The molecule has 0 aliphatic carbocycles. The highest BCUT2D eigenvalue weighted by atomic mass is 16.8. The van der Waals surface area contributed by atoms with Crippen LogP contribution in [0.3, 0.4) is 0 Å². The minimum Gasteiger partial charge on any atom is -0.394 e. The molecule has 30 heteroatoms. The minimum atomic E-state index is -1.57. The lowest BCUT2D eigenvalue weighted by molar-refractivity contribution is -0.361. The SMILES string of the molecule is CO[C@@H]1OC(CO)[C@H](O)[C@H](O)C1O[C@@H]1OC(C)[C@@H](O)[C@H](O)C1O.CO[C@@H]1OC(CO)[C@H](O)[C@H](O)C1O[C@@H]1OC(C)[C@@H](O)[C@H](O)C1O.CO[C@@H]1OC(CO)[C@H](O)[C@H](O)C1O[C@@H]1OC(C)[C@@H](O)[C@H](O)C1O. The Morgan fingerprint density at radius 3 is 0.681 bits per heavy atom. The molecule has 6 saturated heterocycles. The highest BCUT2D eigenvalue weighted by molar-refractivity contribution is 4.96. The summed E-state index contributed by atoms with van der Waals surface area (Å²) in [7, 11) is 3.83. The highest BCUT2D eigenvalue weighted by Crippen LogP contribution is 2.32. The van der Waals surface area contributed by atoms with E-state index in [1.165, 1.54) is 42.1 Å². The van der Waals surface area contributed by atoms with Crippen molar-refractivity contribution in [3.8, 4) is 0 Å². The predicted octanol–water partition coefficient (Wildman–Crippen LogP) is -11.1. The van der Waals surface area contributed by atoms with E-state index in [2.05, 4.69) is 0 Å². The molecule has 0 saturated carbocycles. The number of aliphatic hydroxyl groups is 18. The fourth-order valence-corrected chi connectivity index (χ4v) is 8.01. The fraction of sp³-hybridized carbons (Fsp3) is 1.00. The molecule has 0 aromatic heterocycles. The zero-order valence-electron chi connectivity index (χ0n) is 38.4. The summed E-state index contributed by atoms with van der Waals surface area (Å²) >= 11 is 0. The van der Waals surface area contributed by atoms with Crippen LogP contribution in [0.2, 0.25) is 0 Å². The molecule has 0 aromatic carbocycles. The monoisotopic (exact) mass is 1020 g/mol. The Hall–Kier alpha value is -1.20. The third-order valence-electron chi connectivity index (χ3n) is 12.5. The van der Waals surface area contributed by atoms with Gasteiger partial charge >= 0.3 is 0 Å². The first kappa shape index (κ1) is 60.4. The molecule has 0 spiro atoms. The highest BCUT2D eigenvalue weighted by Gasteiger charge is 2.53. The lowest BCUT2D eigenvalue weighted by Gasteiger charge is -2.45. The first-order chi connectivity index (χ1) is 32.4. The molecule has 18 N–H and O–H groups in total. The summed E-state index contributed by atoms with van der Waals surface area (Å²) < 4.78 is 63.0. The van der Waals surface area contributed by atoms with Crippen LogP contribution in [0.1, 0.15) is 20.8 Å². The van der Waals surface area contributed by atoms with Gasteiger partial charge in [-0.25, -0.2) is 0 Å². The second-order valence-corrected chi connectivity index (χ2v) is 17.2. The first-order valence-corrected chi connectivity index (χ1v) is 22.0. The quantitative estimate of drug-likeness (QED) is 0.0863. The van der Waals surface area contributed by atoms with Crippen molar-refractivity contribution in [2.24, 2.45) is 0 Å². The summed E-state index contributed by atoms with van der Waals surface area (Å²) in [4.78, 5) is 0. The van der Waals surface area contributed by atoms with E-state index in [1.807, 2.05) is 0 Å². The summed E-state index contributed by atoms with van der Waals surface area (Å²) in [6.45, 7) is 2.84. The number of hydrogen-bond donors (Lipinski definition) is 18. The van der Waals surface area contributed by atoms with E-state index in [4.69, 9.17) is 72.2 Å². The van der Waals surface area contributed by atoms with Crippen LogP contribution in [-0.2, 0) is 56.8 Å². The van der Waals surface area contributed by atoms with E-state index in [-0.39, 0.29) is 0 Å². The summed E-state index contributed by atoms with van der Waals surface area (Å²) in [5.41, 5.74) is 0. The molecule has 6 fully saturated rings. The Morgan fingerprint density at radius 1 is 0.275 bits per heavy atom. The Kier molecular flexibility index (Phi) is 23.5. The zero-order chi connectivity index (χ0) is 51.9. The average Bonchev–Trinajstić information content (AvgIpc) is 3.34. The molecule has 6 aliphatic rings. The summed E-state index contributed by atoms with van der Waals surface area (Å²) in [5.74, 6) is 0. The number of aliphatic hydroxyl groups excluding tert-OH is 18. The number of ether oxygens (including phenoxy) is 12. The third kappa shape index (κ3) is 13.8. The van der Waals surface area contributed by atoms with Crippen LogP contribution >= 0.6 is 0 Å². The van der Waals surface area contributed by atoms with E-state index >= 15 is 0 Å². The number of hydrogen-bond acceptors (Lipinski definition) is 30. The molecule has 0 bridgehead atoms. The van der Waals surface area contributed by atoms with Crippen LogP contribution in [0.15, 0.2) is 0 Å². The van der Waals surface area contributed by atoms with Crippen LogP contribution in [0.25, 0.3) is 0 Å². The molecule has 12 unspecified atom stereocenters. The van der Waals surface area contributed by atoms with Crippen molar-refractivity contribution in [3.63, 3.8) is 0 Å². The van der Waals surface area contributed by atoms with Gasteiger partial charge in [0, 0.05) is 21.3 Å². The second kappa shape index (κ2) is 26.8. The lowest BCUT2D eigenvalue weighted by atomic mass is 9.97. The molecular weight excluding hydrogens is 948 g/mol. The zero-order valence-corrected chi connectivity index (χ0v) is 38.4. The van der Waals surface area contributed by atoms with Gasteiger partial charge in [0.1, 0.15) is 128 Å². The van der Waals surface area contributed by atoms with Crippen molar-refractivity contribution in [1.82, 2.24) is 0 Å². The Labute approximate surface area is 394 Å². The summed E-state index contributed by atoms with van der Waals surface area (Å²) in [5, 5.41) is 176. The van der Waals surface area contributed by atoms with Crippen LogP contribution in [0.5, 0.6) is 0 Å². The average molecular weight is 1020 g/mol. The Morgan fingerprint density at radius 2 is 0.493 bits per heavy atom. The second-order valence-electron chi connectivity index (χ2n) is 17.2. The van der Waals surface area contributed by atoms with Crippen LogP contribution in [-0.4, -0.2) is 317 Å². The molecule has 0 amide bonds. The standard InChI is InChI=1S/3C13H24O10/c3*1-4-6(15)8(17)10(19)12(21-4)23-11-9(18)7(16)5(3-14)22-13(11)20-2/h3*4-19H,3H2,1-2H3/t3*4?,5?,6-,7+,8+,9+,10?,11?,12+,13-/m111/s1. The smallest absolute Gasteiger partial charge is 0.187 e. The van der Waals surface area contributed by atoms with E-state index < -0.39 is 204 Å². The van der Waals surface area contributed by atoms with Gasteiger partial charge in [-0.2, -0.15) is 0 Å². The molecule has 6 rings (SSSR count). The van der Waals surface area contributed by atoms with Gasteiger partial charge in [0.2, 0.25) is 0 Å². The lowest BCUT2D eigenvalue weighted by Crippen LogP contribution is -2.64. The molecule has 408 valence electrons. The number of rotatable bonds is 12. The van der Waals surface area contributed by atoms with Gasteiger partial charge in [-0.1, -0.05) is 0 Å². The van der Waals surface area contributed by atoms with Crippen LogP contribution < -0.4 is 0 Å². The van der Waals surface area contributed by atoms with Crippen LogP contribution in [0.4, 0.5) is 0 Å². The maximum absolute atomic E-state index is 10.1. The molecule has 0 radical (unpaired) electrons. The Balaban J connectivity index is 0.000000225. The maximum Gasteiger partial charge on any atom is 0.187 e. The maximum atomic E-state index is 10.1. The van der Waals surface area contributed by atoms with Gasteiger partial charge in [0.05, 0.1) is 38.1 Å². The predicted molar refractivity (Wildman–Crippen MR) is 216 cm³/mol. The normalized spacial score (nSPS) is 51.7. The molecular formula is C39H72O30. The van der Waals surface area contributed by atoms with Gasteiger partial charge < -0.3 is 149 Å². The van der Waals surface area contributed by atoms with Gasteiger partial charge in [0.15, 0.2) is 37.7 Å². The molecule has 69 heavy (non-hydrogen) atoms. The topological polar surface area (TPSA) is 475 Å². The van der Waals surface area contributed by atoms with Crippen LogP contribution in [0, 0.1) is 0 Å². The molecule has 6 aliphatic heterocycles. The van der Waals surface area contributed by atoms with Crippen molar-refractivity contribution < 1.29 is 149 Å². The van der Waals surface area contributed by atoms with Gasteiger partial charge in [0.25, 0.3) is 0 Å². The van der Waals surface area contributed by atoms with E-state index in [0.29, 0.717) is 0 Å². The molecule has 0 aromatic rings. The minimum absolute atomic E-state index is 0.532. The summed E-state index contributed by atoms with van der Waals surface area (Å²) in [6.07, 6.45) is -38.8. The van der Waals surface area contributed by atoms with Crippen molar-refractivity contribution in [2.45, 2.75) is 205 Å². The third-order valence-corrected chi connectivity index (χ3v) is 12.5. The Bertz CT molecular complexity index is 1310. The van der Waals surface area contributed by atoms with Gasteiger partial charge in [-0.15, -0.1) is 0 Å². The van der Waals surface area contributed by atoms with Crippen molar-refractivity contribution in [2.75, 3.05) is 41.2 Å². The summed E-state index contributed by atoms with van der Waals surface area (Å²) in [6, 6.07) is 0. The van der Waals surface area contributed by atoms with Crippen molar-refractivity contribution >= 4 is 0 Å². The largest absolute Gasteiger partial charge is 0.394 e. The molecule has 6 heterocycles. The van der Waals surface area contributed by atoms with E-state index in [0.717, 1.165) is 0 Å². The fourth-order valence-electron chi connectivity index (χ4n) is 8.01. The van der Waals surface area contributed by atoms with E-state index in [9.17, 15) is 76.6 Å². The molecule has 30 nitrogen and oxygen atoms in total.